The van der Waals surface area contributed by atoms with Crippen LogP contribution in [-0.2, 0) is 23.1 Å². The van der Waals surface area contributed by atoms with Crippen LogP contribution in [0.3, 0.4) is 0 Å². The monoisotopic (exact) mass is 594 g/mol. The van der Waals surface area contributed by atoms with Crippen molar-refractivity contribution in [3.05, 3.63) is 100 Å². The van der Waals surface area contributed by atoms with E-state index in [-0.39, 0.29) is 6.54 Å². The predicted molar refractivity (Wildman–Crippen MR) is 142 cm³/mol. The molecule has 33 heavy (non-hydrogen) atoms. The summed E-state index contributed by atoms with van der Waals surface area (Å²) in [7, 11) is -3.55. The largest absolute Gasteiger partial charge is 0.387 e. The summed E-state index contributed by atoms with van der Waals surface area (Å²) in [5, 5.41) is 11.8. The number of hydrogen-bond donors (Lipinski definition) is 1. The second-order valence-electron chi connectivity index (χ2n) is 7.89. The molecule has 3 aromatic rings. The highest BCUT2D eigenvalue weighted by Gasteiger charge is 2.22. The minimum atomic E-state index is -3.55. The van der Waals surface area contributed by atoms with Crippen LogP contribution in [0.5, 0.6) is 0 Å². The van der Waals surface area contributed by atoms with Gasteiger partial charge in [0.25, 0.3) is 0 Å². The average molecular weight is 596 g/mol. The molecule has 0 bridgehead atoms. The van der Waals surface area contributed by atoms with Gasteiger partial charge in [0.05, 0.1) is 24.6 Å². The number of nitrogens with zero attached hydrogens (tertiary/aromatic N) is 2. The molecule has 0 radical (unpaired) electrons. The molecule has 0 saturated carbocycles. The number of alkyl halides is 1. The Labute approximate surface area is 213 Å². The summed E-state index contributed by atoms with van der Waals surface area (Å²) in [5.41, 5.74) is 3.23. The van der Waals surface area contributed by atoms with Gasteiger partial charge < -0.3 is 5.11 Å². The lowest BCUT2D eigenvalue weighted by Gasteiger charge is -2.27. The Hall–Kier alpha value is -1.71. The van der Waals surface area contributed by atoms with E-state index in [4.69, 9.17) is 0 Å². The number of rotatable bonds is 11. The number of benzene rings is 3. The van der Waals surface area contributed by atoms with Crippen molar-refractivity contribution in [3.8, 4) is 0 Å². The highest BCUT2D eigenvalue weighted by atomic mass is 79.9. The van der Waals surface area contributed by atoms with Gasteiger partial charge in [0.15, 0.2) is 0 Å². The van der Waals surface area contributed by atoms with Crippen LogP contribution >= 0.6 is 31.9 Å². The van der Waals surface area contributed by atoms with Crippen LogP contribution in [0.25, 0.3) is 0 Å². The number of anilines is 1. The zero-order chi connectivity index (χ0) is 23.8. The topological polar surface area (TPSA) is 60.9 Å². The fourth-order valence-electron chi connectivity index (χ4n) is 3.60. The molecule has 0 heterocycles. The molecule has 0 amide bonds. The number of sulfonamides is 1. The van der Waals surface area contributed by atoms with Gasteiger partial charge in [-0.1, -0.05) is 82.7 Å². The first kappa shape index (κ1) is 25.9. The average Bonchev–Trinajstić information content (AvgIpc) is 2.79. The highest BCUT2D eigenvalue weighted by molar-refractivity contribution is 9.10. The molecule has 5 nitrogen and oxygen atoms in total. The van der Waals surface area contributed by atoms with Gasteiger partial charge >= 0.3 is 0 Å². The fourth-order valence-corrected chi connectivity index (χ4v) is 5.58. The van der Waals surface area contributed by atoms with E-state index in [2.05, 4.69) is 48.9 Å². The summed E-state index contributed by atoms with van der Waals surface area (Å²) in [6.07, 6.45) is 0.432. The van der Waals surface area contributed by atoms with Crippen LogP contribution in [-0.4, -0.2) is 43.1 Å². The molecule has 1 unspecified atom stereocenters. The Bertz CT molecular complexity index is 1130. The maximum Gasteiger partial charge on any atom is 0.232 e. The van der Waals surface area contributed by atoms with Gasteiger partial charge in [-0.05, 0) is 44.8 Å². The molecule has 0 saturated heterocycles. The molecule has 176 valence electrons. The summed E-state index contributed by atoms with van der Waals surface area (Å²) in [5.74, 6) is 0. The minimum Gasteiger partial charge on any atom is -0.387 e. The molecule has 0 aliphatic rings. The maximum absolute atomic E-state index is 12.7. The third-order valence-electron chi connectivity index (χ3n) is 5.27. The molecule has 0 aliphatic carbocycles. The van der Waals surface area contributed by atoms with Gasteiger partial charge in [-0.15, -0.1) is 0 Å². The Balaban J connectivity index is 1.84. The van der Waals surface area contributed by atoms with Crippen LogP contribution in [0.4, 0.5) is 5.69 Å². The first-order chi connectivity index (χ1) is 15.8. The molecular formula is C25H28Br2N2O3S. The highest BCUT2D eigenvalue weighted by Crippen LogP contribution is 2.32. The van der Waals surface area contributed by atoms with Crippen molar-refractivity contribution < 1.29 is 13.5 Å². The third kappa shape index (κ3) is 7.65. The number of aliphatic hydroxyl groups is 1. The summed E-state index contributed by atoms with van der Waals surface area (Å²) < 4.78 is 27.3. The van der Waals surface area contributed by atoms with E-state index < -0.39 is 16.1 Å². The summed E-state index contributed by atoms with van der Waals surface area (Å²) in [6.45, 7) is 2.13. The lowest BCUT2D eigenvalue weighted by Crippen LogP contribution is -2.31. The molecule has 3 aromatic carbocycles. The van der Waals surface area contributed by atoms with Crippen LogP contribution in [0.15, 0.2) is 83.3 Å². The van der Waals surface area contributed by atoms with E-state index in [1.165, 1.54) is 16.1 Å². The van der Waals surface area contributed by atoms with Crippen LogP contribution in [0.1, 0.15) is 22.8 Å². The quantitative estimate of drug-likeness (QED) is 0.304. The molecule has 0 aromatic heterocycles. The van der Waals surface area contributed by atoms with Gasteiger partial charge in [-0.25, -0.2) is 8.42 Å². The number of halogens is 2. The zero-order valence-electron chi connectivity index (χ0n) is 18.4. The lowest BCUT2D eigenvalue weighted by molar-refractivity contribution is 0.113. The second-order valence-corrected chi connectivity index (χ2v) is 11.4. The van der Waals surface area contributed by atoms with E-state index in [0.29, 0.717) is 22.3 Å². The first-order valence-corrected chi connectivity index (χ1v) is 14.4. The van der Waals surface area contributed by atoms with Crippen molar-refractivity contribution >= 4 is 47.6 Å². The van der Waals surface area contributed by atoms with Crippen molar-refractivity contribution in [2.75, 3.05) is 29.0 Å². The second kappa shape index (κ2) is 12.1. The van der Waals surface area contributed by atoms with Gasteiger partial charge in [0.1, 0.15) is 0 Å². The Morgan fingerprint density at radius 3 is 2.03 bits per heavy atom. The summed E-state index contributed by atoms with van der Waals surface area (Å²) >= 11 is 7.00. The Morgan fingerprint density at radius 2 is 1.48 bits per heavy atom. The van der Waals surface area contributed by atoms with E-state index in [1.54, 1.807) is 12.1 Å². The molecular weight excluding hydrogens is 568 g/mol. The van der Waals surface area contributed by atoms with Crippen molar-refractivity contribution in [2.24, 2.45) is 0 Å². The predicted octanol–water partition coefficient (Wildman–Crippen LogP) is 5.35. The zero-order valence-corrected chi connectivity index (χ0v) is 22.4. The van der Waals surface area contributed by atoms with Crippen molar-refractivity contribution in [1.82, 2.24) is 4.90 Å². The fraction of sp³-hybridized carbons (Fsp3) is 0.280. The molecule has 0 aliphatic heterocycles. The molecule has 1 N–H and O–H groups in total. The van der Waals surface area contributed by atoms with Crippen LogP contribution in [0.2, 0.25) is 0 Å². The number of aliphatic hydroxyl groups excluding tert-OH is 1. The first-order valence-electron chi connectivity index (χ1n) is 10.6. The van der Waals surface area contributed by atoms with Crippen molar-refractivity contribution in [2.45, 2.75) is 19.2 Å². The Morgan fingerprint density at radius 1 is 0.909 bits per heavy atom. The molecule has 3 rings (SSSR count). The molecule has 0 fully saturated rings. The van der Waals surface area contributed by atoms with E-state index >= 15 is 0 Å². The van der Waals surface area contributed by atoms with Crippen molar-refractivity contribution in [1.29, 1.82) is 0 Å². The Kier molecular flexibility index (Phi) is 9.52. The minimum absolute atomic E-state index is 0.210. The van der Waals surface area contributed by atoms with Gasteiger partial charge in [-0.3, -0.25) is 9.21 Å². The normalized spacial score (nSPS) is 12.6. The summed E-state index contributed by atoms with van der Waals surface area (Å²) in [4.78, 5) is 2.18. The van der Waals surface area contributed by atoms with Gasteiger partial charge in [0.2, 0.25) is 10.0 Å². The molecule has 1 atom stereocenters. The molecule has 8 heteroatoms. The van der Waals surface area contributed by atoms with E-state index in [1.807, 2.05) is 54.6 Å². The third-order valence-corrected chi connectivity index (χ3v) is 7.43. The SMILES string of the molecule is CS(=O)(=O)N(Cc1ccccc1)c1cc(C(O)CN(CCBr)Cc2ccccc2)ccc1Br. The van der Waals surface area contributed by atoms with Gasteiger partial charge in [-0.2, -0.15) is 0 Å². The van der Waals surface area contributed by atoms with E-state index in [0.717, 1.165) is 24.0 Å². The summed E-state index contributed by atoms with van der Waals surface area (Å²) in [6, 6.07) is 25.0. The van der Waals surface area contributed by atoms with Crippen LogP contribution in [0, 0.1) is 0 Å². The smallest absolute Gasteiger partial charge is 0.232 e. The van der Waals surface area contributed by atoms with Crippen LogP contribution < -0.4 is 4.31 Å². The standard InChI is InChI=1S/C25H28Br2N2O3S/c1-33(31,32)29(18-21-10-6-3-7-11-21)24-16-22(12-13-23(24)27)25(30)19-28(15-14-26)17-20-8-4-2-5-9-20/h2-13,16,25,30H,14-15,17-19H2,1H3. The lowest BCUT2D eigenvalue weighted by atomic mass is 10.1. The molecule has 0 spiro atoms. The van der Waals surface area contributed by atoms with Gasteiger partial charge in [0, 0.05) is 29.4 Å². The maximum atomic E-state index is 12.7. The van der Waals surface area contributed by atoms with Crippen molar-refractivity contribution in [3.63, 3.8) is 0 Å². The number of hydrogen-bond acceptors (Lipinski definition) is 4. The van der Waals surface area contributed by atoms with E-state index in [9.17, 15) is 13.5 Å².